The molecule has 0 saturated heterocycles. The van der Waals surface area contributed by atoms with E-state index in [4.69, 9.17) is 9.47 Å². The van der Waals surface area contributed by atoms with E-state index in [2.05, 4.69) is 26.2 Å². The summed E-state index contributed by atoms with van der Waals surface area (Å²) in [5.41, 5.74) is 1.16. The second kappa shape index (κ2) is 8.36. The van der Waals surface area contributed by atoms with Crippen LogP contribution in [0.2, 0.25) is 0 Å². The van der Waals surface area contributed by atoms with E-state index in [0.29, 0.717) is 13.2 Å². The molecule has 1 heterocycles. The Labute approximate surface area is 131 Å². The lowest BCUT2D eigenvalue weighted by Crippen LogP contribution is -2.18. The molecule has 0 aliphatic rings. The minimum Gasteiger partial charge on any atom is -0.486 e. The third-order valence-corrected chi connectivity index (χ3v) is 4.19. The van der Waals surface area contributed by atoms with Gasteiger partial charge in [0.15, 0.2) is 0 Å². The number of rotatable bonds is 8. The number of hydrogen-bond donors (Lipinski definition) is 1. The van der Waals surface area contributed by atoms with Crippen LogP contribution >= 0.6 is 27.3 Å². The maximum absolute atomic E-state index is 5.75. The van der Waals surface area contributed by atoms with Gasteiger partial charge in [0.2, 0.25) is 0 Å². The van der Waals surface area contributed by atoms with Gasteiger partial charge in [0.1, 0.15) is 17.4 Å². The summed E-state index contributed by atoms with van der Waals surface area (Å²) >= 11 is 5.15. The van der Waals surface area contributed by atoms with Crippen molar-refractivity contribution >= 4 is 27.3 Å². The summed E-state index contributed by atoms with van der Waals surface area (Å²) in [7, 11) is 1.70. The lowest BCUT2D eigenvalue weighted by Gasteiger charge is -2.10. The molecule has 1 N–H and O–H groups in total. The highest BCUT2D eigenvalue weighted by molar-refractivity contribution is 9.10. The van der Waals surface area contributed by atoms with Crippen LogP contribution in [-0.2, 0) is 17.9 Å². The molecular weight excluding hydrogens is 340 g/mol. The molecule has 6 heteroatoms. The van der Waals surface area contributed by atoms with Crippen molar-refractivity contribution in [3.8, 4) is 5.75 Å². The van der Waals surface area contributed by atoms with E-state index in [0.717, 1.165) is 33.9 Å². The van der Waals surface area contributed by atoms with Gasteiger partial charge in [0, 0.05) is 36.2 Å². The van der Waals surface area contributed by atoms with E-state index in [1.165, 1.54) is 0 Å². The van der Waals surface area contributed by atoms with Gasteiger partial charge in [0.25, 0.3) is 0 Å². The molecule has 1 aromatic heterocycles. The average molecular weight is 357 g/mol. The number of benzene rings is 1. The van der Waals surface area contributed by atoms with Crippen molar-refractivity contribution in [1.82, 2.24) is 10.3 Å². The first-order valence-electron chi connectivity index (χ1n) is 6.29. The van der Waals surface area contributed by atoms with E-state index >= 15 is 0 Å². The quantitative estimate of drug-likeness (QED) is 0.737. The van der Waals surface area contributed by atoms with Gasteiger partial charge in [-0.2, -0.15) is 0 Å². The van der Waals surface area contributed by atoms with Crippen molar-refractivity contribution in [3.63, 3.8) is 0 Å². The number of methoxy groups -OCH3 is 1. The van der Waals surface area contributed by atoms with Crippen molar-refractivity contribution in [2.24, 2.45) is 0 Å². The fraction of sp³-hybridized carbons (Fsp3) is 0.357. The summed E-state index contributed by atoms with van der Waals surface area (Å²) in [5.74, 6) is 0.854. The molecule has 4 nitrogen and oxygen atoms in total. The average Bonchev–Trinajstić information content (AvgIpc) is 2.97. The van der Waals surface area contributed by atoms with E-state index in [9.17, 15) is 0 Å². The predicted molar refractivity (Wildman–Crippen MR) is 84.2 cm³/mol. The van der Waals surface area contributed by atoms with Crippen LogP contribution in [0.25, 0.3) is 0 Å². The Hall–Kier alpha value is -0.950. The highest BCUT2D eigenvalue weighted by atomic mass is 79.9. The van der Waals surface area contributed by atoms with Crippen molar-refractivity contribution in [2.45, 2.75) is 13.2 Å². The first-order valence-corrected chi connectivity index (χ1v) is 7.96. The molecule has 0 spiro atoms. The molecule has 0 amide bonds. The highest BCUT2D eigenvalue weighted by Gasteiger charge is 2.04. The Kier molecular flexibility index (Phi) is 6.46. The first kappa shape index (κ1) is 15.4. The maximum Gasteiger partial charge on any atom is 0.140 e. The molecule has 0 fully saturated rings. The first-order chi connectivity index (χ1) is 9.79. The minimum absolute atomic E-state index is 0.510. The molecule has 2 aromatic rings. The molecule has 0 saturated carbocycles. The molecule has 0 atom stereocenters. The second-order valence-electron chi connectivity index (χ2n) is 4.14. The van der Waals surface area contributed by atoms with E-state index in [1.54, 1.807) is 24.6 Å². The Morgan fingerprint density at radius 1 is 1.40 bits per heavy atom. The fourth-order valence-corrected chi connectivity index (χ4v) is 2.56. The van der Waals surface area contributed by atoms with Gasteiger partial charge in [-0.15, -0.1) is 11.3 Å². The topological polar surface area (TPSA) is 43.4 Å². The summed E-state index contributed by atoms with van der Waals surface area (Å²) in [4.78, 5) is 4.20. The summed E-state index contributed by atoms with van der Waals surface area (Å²) < 4.78 is 11.8. The Morgan fingerprint density at radius 2 is 2.30 bits per heavy atom. The van der Waals surface area contributed by atoms with Crippen LogP contribution < -0.4 is 10.1 Å². The molecule has 0 unspecified atom stereocenters. The van der Waals surface area contributed by atoms with Crippen LogP contribution in [0.3, 0.4) is 0 Å². The van der Waals surface area contributed by atoms with Crippen molar-refractivity contribution in [2.75, 3.05) is 20.3 Å². The van der Waals surface area contributed by atoms with Crippen molar-refractivity contribution < 1.29 is 9.47 Å². The molecule has 0 radical (unpaired) electrons. The van der Waals surface area contributed by atoms with Gasteiger partial charge in [-0.25, -0.2) is 4.98 Å². The summed E-state index contributed by atoms with van der Waals surface area (Å²) in [6.45, 7) is 2.82. The van der Waals surface area contributed by atoms with E-state index < -0.39 is 0 Å². The normalized spacial score (nSPS) is 10.7. The van der Waals surface area contributed by atoms with E-state index in [1.807, 2.05) is 23.6 Å². The Balaban J connectivity index is 1.90. The van der Waals surface area contributed by atoms with Gasteiger partial charge in [-0.1, -0.05) is 15.9 Å². The molecule has 0 aliphatic carbocycles. The van der Waals surface area contributed by atoms with Crippen LogP contribution in [0.1, 0.15) is 10.6 Å². The standard InChI is InChI=1S/C14H17BrN2O2S/c1-18-6-4-16-9-11-8-12(2-3-13(11)15)19-10-14-17-5-7-20-14/h2-3,5,7-8,16H,4,6,9-10H2,1H3. The maximum atomic E-state index is 5.75. The van der Waals surface area contributed by atoms with Crippen molar-refractivity contribution in [3.05, 3.63) is 44.8 Å². The monoisotopic (exact) mass is 356 g/mol. The third-order valence-electron chi connectivity index (χ3n) is 2.66. The zero-order valence-electron chi connectivity index (χ0n) is 11.3. The summed E-state index contributed by atoms with van der Waals surface area (Å²) in [6, 6.07) is 6.00. The van der Waals surface area contributed by atoms with Gasteiger partial charge in [-0.05, 0) is 23.8 Å². The number of nitrogens with zero attached hydrogens (tertiary/aromatic N) is 1. The lowest BCUT2D eigenvalue weighted by atomic mass is 10.2. The SMILES string of the molecule is COCCNCc1cc(OCc2nccs2)ccc1Br. The van der Waals surface area contributed by atoms with Crippen LogP contribution in [0, 0.1) is 0 Å². The number of aromatic nitrogens is 1. The minimum atomic E-state index is 0.510. The van der Waals surface area contributed by atoms with Crippen LogP contribution in [0.5, 0.6) is 5.75 Å². The predicted octanol–water partition coefficient (Wildman–Crippen LogP) is 3.22. The highest BCUT2D eigenvalue weighted by Crippen LogP contribution is 2.23. The number of ether oxygens (including phenoxy) is 2. The number of thiazole rings is 1. The van der Waals surface area contributed by atoms with Crippen LogP contribution in [0.4, 0.5) is 0 Å². The Morgan fingerprint density at radius 3 is 3.05 bits per heavy atom. The van der Waals surface area contributed by atoms with Gasteiger partial charge in [-0.3, -0.25) is 0 Å². The Bertz CT molecular complexity index is 520. The zero-order valence-corrected chi connectivity index (χ0v) is 13.7. The smallest absolute Gasteiger partial charge is 0.140 e. The largest absolute Gasteiger partial charge is 0.486 e. The van der Waals surface area contributed by atoms with E-state index in [-0.39, 0.29) is 0 Å². The lowest BCUT2D eigenvalue weighted by molar-refractivity contribution is 0.199. The molecule has 0 bridgehead atoms. The summed E-state index contributed by atoms with van der Waals surface area (Å²) in [6.07, 6.45) is 1.79. The van der Waals surface area contributed by atoms with Crippen molar-refractivity contribution in [1.29, 1.82) is 0 Å². The molecule has 1 aromatic carbocycles. The van der Waals surface area contributed by atoms with Gasteiger partial charge in [0.05, 0.1) is 6.61 Å². The number of hydrogen-bond acceptors (Lipinski definition) is 5. The fourth-order valence-electron chi connectivity index (χ4n) is 1.64. The van der Waals surface area contributed by atoms with Gasteiger partial charge >= 0.3 is 0 Å². The van der Waals surface area contributed by atoms with Gasteiger partial charge < -0.3 is 14.8 Å². The third kappa shape index (κ3) is 4.86. The second-order valence-corrected chi connectivity index (χ2v) is 5.97. The number of nitrogens with one attached hydrogen (secondary N) is 1. The molecule has 20 heavy (non-hydrogen) atoms. The molecule has 108 valence electrons. The zero-order chi connectivity index (χ0) is 14.2. The van der Waals surface area contributed by atoms with Crippen LogP contribution in [0.15, 0.2) is 34.2 Å². The molecule has 2 rings (SSSR count). The van der Waals surface area contributed by atoms with Crippen LogP contribution in [-0.4, -0.2) is 25.2 Å². The molecule has 0 aliphatic heterocycles. The summed E-state index contributed by atoms with van der Waals surface area (Å²) in [5, 5.41) is 6.25. The molecular formula is C14H17BrN2O2S. The number of halogens is 1.